The first-order chi connectivity index (χ1) is 25.1. The number of phenols is 2. The Balaban J connectivity index is 0.000000244. The van der Waals surface area contributed by atoms with Crippen molar-refractivity contribution in [2.75, 3.05) is 37.6 Å². The van der Waals surface area contributed by atoms with Gasteiger partial charge in [-0.2, -0.15) is 0 Å². The van der Waals surface area contributed by atoms with Gasteiger partial charge in [-0.3, -0.25) is 9.59 Å². The number of pyridine rings is 2. The number of hydrogen-bond acceptors (Lipinski definition) is 11. The van der Waals surface area contributed by atoms with Gasteiger partial charge in [-0.15, -0.1) is 12.4 Å². The Kier molecular flexibility index (Phi) is 13.7. The molecule has 2 unspecified atom stereocenters. The van der Waals surface area contributed by atoms with E-state index in [2.05, 4.69) is 15.3 Å². The molecule has 2 aromatic heterocycles. The van der Waals surface area contributed by atoms with Crippen molar-refractivity contribution in [3.63, 3.8) is 0 Å². The maximum atomic E-state index is 12.6. The van der Waals surface area contributed by atoms with Crippen LogP contribution in [0.4, 0.5) is 16.4 Å². The summed E-state index contributed by atoms with van der Waals surface area (Å²) in [7, 11) is 0. The molecule has 2 aliphatic rings. The molecule has 288 valence electrons. The standard InChI is InChI=1S/C23H29N3O4.C18H21N3O2.ClH/c1-14(27)20-17(12-18(25-21(20)24)16-9-5-6-10-19(16)28)15-8-7-11-26(13-15)22(29)30-23(2,3)4;1-11(22)17-14(12-5-4-8-20-10-12)9-15(21-18(17)19)13-6-2-3-7-16(13)23;/h5-6,9-10,12,15,28H,7-8,11,13H2,1-4H3,(H2,24,25);2-3,6-7,9,12,20,23H,4-5,8,10H2,1H3,(H2,19,21);1H. The molecule has 0 radical (unpaired) electrons. The number of nitrogens with one attached hydrogen (secondary N) is 1. The number of anilines is 2. The summed E-state index contributed by atoms with van der Waals surface area (Å²) in [5, 5.41) is 23.7. The number of nitrogens with zero attached hydrogens (tertiary/aromatic N) is 3. The molecule has 2 atom stereocenters. The summed E-state index contributed by atoms with van der Waals surface area (Å²) >= 11 is 0. The number of hydrogen-bond donors (Lipinski definition) is 5. The predicted molar refractivity (Wildman–Crippen MR) is 213 cm³/mol. The normalized spacial score (nSPS) is 17.0. The minimum atomic E-state index is -0.576. The topological polar surface area (TPSA) is 194 Å². The van der Waals surface area contributed by atoms with E-state index in [0.29, 0.717) is 46.7 Å². The molecule has 13 heteroatoms. The number of Topliss-reactive ketones (excluding diaryl/α,β-unsaturated/α-hetero) is 2. The summed E-state index contributed by atoms with van der Waals surface area (Å²) in [6, 6.07) is 17.6. The maximum absolute atomic E-state index is 12.6. The summed E-state index contributed by atoms with van der Waals surface area (Å²) in [6.45, 7) is 11.3. The van der Waals surface area contributed by atoms with Crippen LogP contribution in [0.1, 0.15) is 104 Å². The van der Waals surface area contributed by atoms with Crippen LogP contribution in [0.2, 0.25) is 0 Å². The van der Waals surface area contributed by atoms with Crippen molar-refractivity contribution in [2.24, 2.45) is 0 Å². The van der Waals surface area contributed by atoms with Crippen molar-refractivity contribution < 1.29 is 29.3 Å². The molecule has 0 spiro atoms. The Morgan fingerprint density at radius 2 is 1.28 bits per heavy atom. The zero-order valence-electron chi connectivity index (χ0n) is 31.5. The quantitative estimate of drug-likeness (QED) is 0.122. The number of para-hydroxylation sites is 2. The van der Waals surface area contributed by atoms with Crippen LogP contribution in [0.15, 0.2) is 60.7 Å². The highest BCUT2D eigenvalue weighted by Gasteiger charge is 2.31. The van der Waals surface area contributed by atoms with Crippen LogP contribution in [-0.4, -0.2) is 74.5 Å². The van der Waals surface area contributed by atoms with Crippen molar-refractivity contribution in [3.05, 3.63) is 82.9 Å². The van der Waals surface area contributed by atoms with E-state index in [1.54, 1.807) is 47.4 Å². The molecule has 7 N–H and O–H groups in total. The van der Waals surface area contributed by atoms with Gasteiger partial charge in [0.15, 0.2) is 11.6 Å². The molecule has 4 heterocycles. The van der Waals surface area contributed by atoms with Gasteiger partial charge in [-0.05, 0) is 120 Å². The molecule has 2 fully saturated rings. The first-order valence-corrected chi connectivity index (χ1v) is 18.0. The van der Waals surface area contributed by atoms with E-state index in [0.717, 1.165) is 49.9 Å². The lowest BCUT2D eigenvalue weighted by atomic mass is 9.86. The number of halogens is 1. The van der Waals surface area contributed by atoms with E-state index >= 15 is 0 Å². The maximum Gasteiger partial charge on any atom is 0.410 e. The number of ketones is 2. The minimum absolute atomic E-state index is 0. The Bertz CT molecular complexity index is 1990. The number of ether oxygens (including phenoxy) is 1. The molecule has 54 heavy (non-hydrogen) atoms. The number of aromatic nitrogens is 2. The fourth-order valence-electron chi connectivity index (χ4n) is 7.08. The Morgan fingerprint density at radius 1 is 0.796 bits per heavy atom. The monoisotopic (exact) mass is 758 g/mol. The van der Waals surface area contributed by atoms with Gasteiger partial charge in [0.05, 0.1) is 22.5 Å². The van der Waals surface area contributed by atoms with Gasteiger partial charge in [0.25, 0.3) is 0 Å². The Labute approximate surface area is 322 Å². The number of likely N-dealkylation sites (tertiary alicyclic amines) is 1. The lowest BCUT2D eigenvalue weighted by molar-refractivity contribution is 0.0198. The van der Waals surface area contributed by atoms with E-state index in [9.17, 15) is 24.6 Å². The molecule has 6 rings (SSSR count). The van der Waals surface area contributed by atoms with Crippen molar-refractivity contribution in [3.8, 4) is 34.0 Å². The van der Waals surface area contributed by atoms with Gasteiger partial charge in [-0.1, -0.05) is 24.3 Å². The summed E-state index contributed by atoms with van der Waals surface area (Å²) in [4.78, 5) is 47.4. The average molecular weight is 759 g/mol. The van der Waals surface area contributed by atoms with Gasteiger partial charge in [0.2, 0.25) is 0 Å². The first-order valence-electron chi connectivity index (χ1n) is 18.0. The van der Waals surface area contributed by atoms with Gasteiger partial charge >= 0.3 is 6.09 Å². The Hall–Kier alpha value is -5.20. The average Bonchev–Trinajstić information content (AvgIpc) is 3.11. The van der Waals surface area contributed by atoms with Crippen LogP contribution in [0.3, 0.4) is 0 Å². The second-order valence-electron chi connectivity index (χ2n) is 14.7. The molecule has 2 aromatic carbocycles. The fraction of sp³-hybridized carbons (Fsp3) is 0.390. The van der Waals surface area contributed by atoms with Crippen LogP contribution in [0.5, 0.6) is 11.5 Å². The summed E-state index contributed by atoms with van der Waals surface area (Å²) in [5.41, 5.74) is 16.5. The number of aromatic hydroxyl groups is 2. The number of phenolic OH excluding ortho intramolecular Hbond substituents is 2. The van der Waals surface area contributed by atoms with E-state index in [-0.39, 0.29) is 65.0 Å². The van der Waals surface area contributed by atoms with Crippen LogP contribution < -0.4 is 16.8 Å². The number of nitrogens with two attached hydrogens (primary N) is 2. The highest BCUT2D eigenvalue weighted by Crippen LogP contribution is 2.38. The molecule has 4 aromatic rings. The molecule has 2 aliphatic heterocycles. The molecule has 1 amide bonds. The van der Waals surface area contributed by atoms with Crippen LogP contribution in [0.25, 0.3) is 22.5 Å². The molecule has 12 nitrogen and oxygen atoms in total. The van der Waals surface area contributed by atoms with Gasteiger partial charge in [-0.25, -0.2) is 14.8 Å². The van der Waals surface area contributed by atoms with E-state index in [1.165, 1.54) is 13.8 Å². The van der Waals surface area contributed by atoms with Gasteiger partial charge in [0, 0.05) is 36.7 Å². The third kappa shape index (κ3) is 9.86. The lowest BCUT2D eigenvalue weighted by Crippen LogP contribution is -2.42. The molecular weight excluding hydrogens is 708 g/mol. The number of amides is 1. The summed E-state index contributed by atoms with van der Waals surface area (Å²) in [5.74, 6) is 0.518. The second kappa shape index (κ2) is 17.7. The second-order valence-corrected chi connectivity index (χ2v) is 14.7. The van der Waals surface area contributed by atoms with Gasteiger partial charge in [0.1, 0.15) is 28.7 Å². The van der Waals surface area contributed by atoms with E-state index in [4.69, 9.17) is 16.2 Å². The van der Waals surface area contributed by atoms with Crippen molar-refractivity contribution >= 4 is 41.7 Å². The Morgan fingerprint density at radius 3 is 1.72 bits per heavy atom. The number of carbonyl (C=O) groups excluding carboxylic acids is 3. The summed E-state index contributed by atoms with van der Waals surface area (Å²) in [6.07, 6.45) is 3.31. The van der Waals surface area contributed by atoms with Crippen molar-refractivity contribution in [2.45, 2.75) is 77.7 Å². The fourth-order valence-corrected chi connectivity index (χ4v) is 7.08. The number of carbonyl (C=O) groups is 3. The van der Waals surface area contributed by atoms with Crippen LogP contribution in [0, 0.1) is 0 Å². The van der Waals surface area contributed by atoms with Crippen molar-refractivity contribution in [1.29, 1.82) is 0 Å². The van der Waals surface area contributed by atoms with Gasteiger partial charge < -0.3 is 36.6 Å². The third-order valence-electron chi connectivity index (χ3n) is 9.47. The molecule has 0 aliphatic carbocycles. The molecular formula is C41H51ClN6O6. The molecule has 2 saturated heterocycles. The van der Waals surface area contributed by atoms with Crippen LogP contribution in [-0.2, 0) is 4.74 Å². The van der Waals surface area contributed by atoms with E-state index in [1.807, 2.05) is 39.0 Å². The number of piperidine rings is 2. The highest BCUT2D eigenvalue weighted by atomic mass is 35.5. The van der Waals surface area contributed by atoms with Crippen LogP contribution >= 0.6 is 12.4 Å². The van der Waals surface area contributed by atoms with E-state index < -0.39 is 5.60 Å². The zero-order chi connectivity index (χ0) is 38.4. The summed E-state index contributed by atoms with van der Waals surface area (Å²) < 4.78 is 5.52. The SMILES string of the molecule is CC(=O)c1c(C2CCCN(C(=O)OC(C)(C)C)C2)cc(-c2ccccc2O)nc1N.CC(=O)c1c(C2CCCNC2)cc(-c2ccccc2O)nc1N.Cl. The zero-order valence-corrected chi connectivity index (χ0v) is 32.3. The number of benzene rings is 2. The van der Waals surface area contributed by atoms with Crippen molar-refractivity contribution in [1.82, 2.24) is 20.2 Å². The predicted octanol–water partition coefficient (Wildman–Crippen LogP) is 7.48. The number of rotatable bonds is 6. The minimum Gasteiger partial charge on any atom is -0.507 e. The molecule has 0 saturated carbocycles. The largest absolute Gasteiger partial charge is 0.507 e. The first kappa shape index (κ1) is 41.6. The lowest BCUT2D eigenvalue weighted by Gasteiger charge is -2.35. The third-order valence-corrected chi connectivity index (χ3v) is 9.47. The smallest absolute Gasteiger partial charge is 0.410 e. The molecule has 0 bridgehead atoms. The highest BCUT2D eigenvalue weighted by molar-refractivity contribution is 6.01. The number of nitrogen functional groups attached to an aromatic ring is 2.